The number of hydrogen-bond donors (Lipinski definition) is 3. The van der Waals surface area contributed by atoms with Crippen molar-refractivity contribution >= 4 is 38.5 Å². The van der Waals surface area contributed by atoms with Crippen LogP contribution >= 0.6 is 15.9 Å². The van der Waals surface area contributed by atoms with E-state index in [1.165, 1.54) is 0 Å². The lowest BCUT2D eigenvalue weighted by molar-refractivity contribution is 0.171. The molecule has 6 rings (SSSR count). The van der Waals surface area contributed by atoms with Crippen molar-refractivity contribution in [2.45, 2.75) is 0 Å². The number of imidazole rings is 2. The number of hydrogen-bond acceptors (Lipinski definition) is 5. The van der Waals surface area contributed by atoms with Crippen LogP contribution in [0.2, 0.25) is 0 Å². The van der Waals surface area contributed by atoms with Gasteiger partial charge in [0, 0.05) is 21.8 Å². The fourth-order valence-electron chi connectivity index (χ4n) is 3.98. The second kappa shape index (κ2) is 7.86. The van der Waals surface area contributed by atoms with Gasteiger partial charge in [-0.2, -0.15) is 0 Å². The average Bonchev–Trinajstić information content (AvgIpc) is 3.43. The Labute approximate surface area is 196 Å². The van der Waals surface area contributed by atoms with Gasteiger partial charge in [0.05, 0.1) is 28.7 Å². The molecule has 0 spiro atoms. The molecule has 3 heterocycles. The molecule has 1 aliphatic heterocycles. The summed E-state index contributed by atoms with van der Waals surface area (Å²) in [6.07, 6.45) is 1.64. The number of fused-ring (bicyclic) bond motifs is 2. The van der Waals surface area contributed by atoms with Crippen molar-refractivity contribution in [3.8, 4) is 28.4 Å². The number of anilines is 2. The van der Waals surface area contributed by atoms with E-state index in [4.69, 9.17) is 9.47 Å². The van der Waals surface area contributed by atoms with Gasteiger partial charge in [-0.3, -0.25) is 9.55 Å². The third kappa shape index (κ3) is 3.56. The highest BCUT2D eigenvalue weighted by Crippen LogP contribution is 2.36. The molecule has 0 amide bonds. The highest BCUT2D eigenvalue weighted by Gasteiger charge is 2.19. The molecule has 5 aromatic rings. The zero-order chi connectivity index (χ0) is 22.4. The van der Waals surface area contributed by atoms with Gasteiger partial charge in [0.25, 0.3) is 0 Å². The summed E-state index contributed by atoms with van der Waals surface area (Å²) in [7, 11) is 0. The Morgan fingerprint density at radius 2 is 1.79 bits per heavy atom. The van der Waals surface area contributed by atoms with Crippen molar-refractivity contribution in [3.63, 3.8) is 0 Å². The van der Waals surface area contributed by atoms with E-state index in [0.29, 0.717) is 36.2 Å². The molecule has 0 atom stereocenters. The molecule has 0 fully saturated rings. The average molecular weight is 504 g/mol. The molecule has 0 saturated heterocycles. The number of nitrogens with one attached hydrogen (secondary N) is 3. The van der Waals surface area contributed by atoms with Crippen LogP contribution in [0.15, 0.2) is 76.3 Å². The second-order valence-corrected chi connectivity index (χ2v) is 8.50. The molecule has 9 heteroatoms. The monoisotopic (exact) mass is 503 g/mol. The Kier molecular flexibility index (Phi) is 4.69. The van der Waals surface area contributed by atoms with E-state index in [0.717, 1.165) is 32.4 Å². The Bertz CT molecular complexity index is 1530. The molecular weight excluding hydrogens is 486 g/mol. The Morgan fingerprint density at radius 3 is 2.64 bits per heavy atom. The van der Waals surface area contributed by atoms with Crippen LogP contribution in [0.4, 0.5) is 11.5 Å². The number of halogens is 1. The predicted molar refractivity (Wildman–Crippen MR) is 130 cm³/mol. The maximum absolute atomic E-state index is 13.2. The van der Waals surface area contributed by atoms with Gasteiger partial charge in [-0.15, -0.1) is 0 Å². The van der Waals surface area contributed by atoms with Crippen molar-refractivity contribution in [2.75, 3.05) is 18.5 Å². The molecule has 1 aliphatic rings. The summed E-state index contributed by atoms with van der Waals surface area (Å²) in [6.45, 7) is 1.04. The first-order chi connectivity index (χ1) is 16.2. The number of benzene rings is 3. The summed E-state index contributed by atoms with van der Waals surface area (Å²) in [4.78, 5) is 23.5. The maximum atomic E-state index is 13.2. The van der Waals surface area contributed by atoms with Crippen LogP contribution in [0.1, 0.15) is 0 Å². The van der Waals surface area contributed by atoms with Gasteiger partial charge in [0.1, 0.15) is 19.0 Å². The van der Waals surface area contributed by atoms with Crippen LogP contribution in [0.5, 0.6) is 11.5 Å². The highest BCUT2D eigenvalue weighted by molar-refractivity contribution is 9.10. The van der Waals surface area contributed by atoms with Gasteiger partial charge in [0.2, 0.25) is 0 Å². The molecule has 0 saturated carbocycles. The molecule has 164 valence electrons. The molecule has 3 aromatic carbocycles. The normalized spacial score (nSPS) is 12.8. The molecule has 3 N–H and O–H groups in total. The summed E-state index contributed by atoms with van der Waals surface area (Å²) in [5.74, 6) is 1.95. The molecule has 33 heavy (non-hydrogen) atoms. The smallest absolute Gasteiger partial charge is 0.332 e. The van der Waals surface area contributed by atoms with Crippen molar-refractivity contribution in [1.82, 2.24) is 19.5 Å². The molecule has 0 radical (unpaired) electrons. The van der Waals surface area contributed by atoms with Crippen LogP contribution < -0.4 is 20.5 Å². The van der Waals surface area contributed by atoms with Gasteiger partial charge in [0.15, 0.2) is 11.5 Å². The van der Waals surface area contributed by atoms with E-state index in [2.05, 4.69) is 36.2 Å². The van der Waals surface area contributed by atoms with E-state index in [9.17, 15) is 4.79 Å². The number of H-pyrrole nitrogens is 2. The van der Waals surface area contributed by atoms with Gasteiger partial charge in [-0.1, -0.05) is 28.1 Å². The Balaban J connectivity index is 1.50. The SMILES string of the molecule is O=c1[nH]c(Nc2ccc3c(c2)OCCO3)c(-c2ccc(Br)cc2)n1-c1ccc2nc[nH]c2c1. The lowest BCUT2D eigenvalue weighted by Gasteiger charge is -2.19. The summed E-state index contributed by atoms with van der Waals surface area (Å²) < 4.78 is 13.9. The van der Waals surface area contributed by atoms with E-state index in [1.54, 1.807) is 10.9 Å². The molecule has 0 unspecified atom stereocenters. The largest absolute Gasteiger partial charge is 0.486 e. The first-order valence-corrected chi connectivity index (χ1v) is 11.2. The minimum atomic E-state index is -0.258. The number of rotatable bonds is 4. The lowest BCUT2D eigenvalue weighted by Crippen LogP contribution is -2.15. The third-order valence-corrected chi connectivity index (χ3v) is 6.02. The van der Waals surface area contributed by atoms with Crippen molar-refractivity contribution in [3.05, 3.63) is 81.9 Å². The molecule has 2 aromatic heterocycles. The van der Waals surface area contributed by atoms with Crippen LogP contribution in [0.3, 0.4) is 0 Å². The minimum absolute atomic E-state index is 0.258. The number of nitrogens with zero attached hydrogens (tertiary/aromatic N) is 2. The van der Waals surface area contributed by atoms with Crippen LogP contribution in [-0.4, -0.2) is 32.7 Å². The fraction of sp³-hybridized carbons (Fsp3) is 0.0833. The number of ether oxygens (including phenoxy) is 2. The molecule has 0 bridgehead atoms. The lowest BCUT2D eigenvalue weighted by atomic mass is 10.1. The van der Waals surface area contributed by atoms with Crippen molar-refractivity contribution in [2.24, 2.45) is 0 Å². The van der Waals surface area contributed by atoms with Crippen LogP contribution in [-0.2, 0) is 0 Å². The minimum Gasteiger partial charge on any atom is -0.486 e. The Morgan fingerprint density at radius 1 is 0.970 bits per heavy atom. The highest BCUT2D eigenvalue weighted by atomic mass is 79.9. The first-order valence-electron chi connectivity index (χ1n) is 10.4. The van der Waals surface area contributed by atoms with Crippen molar-refractivity contribution < 1.29 is 9.47 Å². The van der Waals surface area contributed by atoms with E-state index in [1.807, 2.05) is 60.7 Å². The van der Waals surface area contributed by atoms with Gasteiger partial charge in [-0.05, 0) is 42.5 Å². The second-order valence-electron chi connectivity index (χ2n) is 7.58. The standard InChI is InChI=1S/C24H18BrN5O3/c25-15-3-1-14(2-4-15)22-23(28-16-5-8-20-21(11-16)33-10-9-32-20)29-24(31)30(22)17-6-7-18-19(12-17)27-13-26-18/h1-8,11-13,28H,9-10H2,(H,26,27)(H,29,31). The first kappa shape index (κ1) is 19.7. The van der Waals surface area contributed by atoms with Crippen LogP contribution in [0.25, 0.3) is 28.0 Å². The van der Waals surface area contributed by atoms with Gasteiger partial charge >= 0.3 is 5.69 Å². The zero-order valence-corrected chi connectivity index (χ0v) is 18.8. The Hall–Kier alpha value is -3.98. The summed E-state index contributed by atoms with van der Waals surface area (Å²) in [6, 6.07) is 19.1. The zero-order valence-electron chi connectivity index (χ0n) is 17.3. The van der Waals surface area contributed by atoms with E-state index in [-0.39, 0.29) is 5.69 Å². The van der Waals surface area contributed by atoms with Crippen molar-refractivity contribution in [1.29, 1.82) is 0 Å². The quantitative estimate of drug-likeness (QED) is 0.321. The molecule has 8 nitrogen and oxygen atoms in total. The summed E-state index contributed by atoms with van der Waals surface area (Å²) in [5, 5.41) is 3.36. The summed E-state index contributed by atoms with van der Waals surface area (Å²) in [5.41, 5.74) is 4.51. The summed E-state index contributed by atoms with van der Waals surface area (Å²) >= 11 is 3.49. The van der Waals surface area contributed by atoms with Gasteiger partial charge in [-0.25, -0.2) is 9.78 Å². The van der Waals surface area contributed by atoms with E-state index >= 15 is 0 Å². The number of aromatic amines is 2. The fourth-order valence-corrected chi connectivity index (χ4v) is 4.25. The van der Waals surface area contributed by atoms with Crippen LogP contribution in [0, 0.1) is 0 Å². The van der Waals surface area contributed by atoms with E-state index < -0.39 is 0 Å². The maximum Gasteiger partial charge on any atom is 0.332 e. The number of aromatic nitrogens is 4. The molecule has 0 aliphatic carbocycles. The predicted octanol–water partition coefficient (Wildman–Crippen LogP) is 4.99. The topological polar surface area (TPSA) is 97.0 Å². The van der Waals surface area contributed by atoms with Gasteiger partial charge < -0.3 is 19.8 Å². The molecular formula is C24H18BrN5O3. The third-order valence-electron chi connectivity index (χ3n) is 5.49.